The zero-order valence-electron chi connectivity index (χ0n) is 19.9. The molecule has 0 aliphatic carbocycles. The van der Waals surface area contributed by atoms with Crippen molar-refractivity contribution in [2.24, 2.45) is 0 Å². The van der Waals surface area contributed by atoms with Gasteiger partial charge >= 0.3 is 5.69 Å². The largest absolute Gasteiger partial charge is 0.497 e. The number of ether oxygens (including phenoxy) is 1. The molecule has 11 heteroatoms. The summed E-state index contributed by atoms with van der Waals surface area (Å²) >= 11 is 0. The number of benzene rings is 2. The number of fused-ring (bicyclic) bond motifs is 1. The molecule has 2 N–H and O–H groups in total. The fraction of sp³-hybridized carbons (Fsp3) is 0.320. The molecule has 1 fully saturated rings. The average Bonchev–Trinajstić information content (AvgIpc) is 3.17. The summed E-state index contributed by atoms with van der Waals surface area (Å²) in [6.45, 7) is 5.05. The lowest BCUT2D eigenvalue weighted by atomic mass is 10.2. The van der Waals surface area contributed by atoms with E-state index in [-0.39, 0.29) is 12.1 Å². The zero-order valence-corrected chi connectivity index (χ0v) is 19.9. The first-order valence-electron chi connectivity index (χ1n) is 11.8. The third-order valence-corrected chi connectivity index (χ3v) is 6.29. The smallest absolute Gasteiger partial charge is 0.335 e. The van der Waals surface area contributed by atoms with Crippen LogP contribution in [0.2, 0.25) is 0 Å². The van der Waals surface area contributed by atoms with Crippen molar-refractivity contribution in [1.82, 2.24) is 29.3 Å². The Labute approximate surface area is 206 Å². The van der Waals surface area contributed by atoms with Gasteiger partial charge in [0.05, 0.1) is 25.5 Å². The lowest BCUT2D eigenvalue weighted by Gasteiger charge is -2.27. The van der Waals surface area contributed by atoms with E-state index in [0.29, 0.717) is 35.1 Å². The number of hydrogen-bond donors (Lipinski definition) is 2. The summed E-state index contributed by atoms with van der Waals surface area (Å²) < 4.78 is 36.9. The molecule has 0 saturated carbocycles. The van der Waals surface area contributed by atoms with Gasteiger partial charge in [0.15, 0.2) is 5.65 Å². The van der Waals surface area contributed by atoms with Crippen LogP contribution >= 0.6 is 0 Å². The van der Waals surface area contributed by atoms with E-state index in [2.05, 4.69) is 25.5 Å². The van der Waals surface area contributed by atoms with Crippen LogP contribution in [0.15, 0.2) is 53.5 Å². The van der Waals surface area contributed by atoms with Gasteiger partial charge in [-0.2, -0.15) is 4.98 Å². The van der Waals surface area contributed by atoms with Gasteiger partial charge in [-0.15, -0.1) is 0 Å². The Kier molecular flexibility index (Phi) is 6.92. The third-order valence-electron chi connectivity index (χ3n) is 6.29. The minimum absolute atomic E-state index is 0.206. The topological polar surface area (TPSA) is 89.2 Å². The van der Waals surface area contributed by atoms with E-state index in [9.17, 15) is 13.6 Å². The third kappa shape index (κ3) is 4.79. The maximum atomic E-state index is 14.4. The van der Waals surface area contributed by atoms with Crippen LogP contribution in [0, 0.1) is 11.6 Å². The number of nitrogens with one attached hydrogen (secondary N) is 2. The number of rotatable bonds is 8. The van der Waals surface area contributed by atoms with Crippen molar-refractivity contribution in [1.29, 1.82) is 0 Å². The lowest BCUT2D eigenvalue weighted by molar-refractivity contribution is 0.249. The van der Waals surface area contributed by atoms with Crippen LogP contribution < -0.4 is 21.1 Å². The molecule has 188 valence electrons. The van der Waals surface area contributed by atoms with Crippen molar-refractivity contribution in [3.05, 3.63) is 76.3 Å². The maximum Gasteiger partial charge on any atom is 0.335 e. The highest BCUT2D eigenvalue weighted by Gasteiger charge is 2.20. The van der Waals surface area contributed by atoms with Crippen LogP contribution in [-0.2, 0) is 6.54 Å². The molecule has 36 heavy (non-hydrogen) atoms. The summed E-state index contributed by atoms with van der Waals surface area (Å²) in [5.41, 5.74) is 0.501. The van der Waals surface area contributed by atoms with Gasteiger partial charge in [-0.25, -0.2) is 23.1 Å². The Balaban J connectivity index is 1.54. The number of imidazole rings is 1. The van der Waals surface area contributed by atoms with Crippen LogP contribution in [-0.4, -0.2) is 70.4 Å². The van der Waals surface area contributed by atoms with Gasteiger partial charge in [-0.1, -0.05) is 12.1 Å². The minimum atomic E-state index is -0.726. The van der Waals surface area contributed by atoms with Gasteiger partial charge in [0.1, 0.15) is 22.9 Å². The zero-order chi connectivity index (χ0) is 25.1. The number of piperazine rings is 1. The number of nitrogens with zero attached hydrogens (tertiary/aromatic N) is 5. The number of hydrogen-bond acceptors (Lipinski definition) is 7. The molecule has 4 aromatic rings. The van der Waals surface area contributed by atoms with Gasteiger partial charge in [0.2, 0.25) is 5.95 Å². The minimum Gasteiger partial charge on any atom is -0.497 e. The molecule has 0 spiro atoms. The van der Waals surface area contributed by atoms with Crippen molar-refractivity contribution >= 4 is 17.1 Å². The van der Waals surface area contributed by atoms with E-state index in [1.807, 2.05) is 0 Å². The van der Waals surface area contributed by atoms with Crippen LogP contribution in [0.1, 0.15) is 5.56 Å². The fourth-order valence-corrected chi connectivity index (χ4v) is 4.36. The van der Waals surface area contributed by atoms with Gasteiger partial charge < -0.3 is 15.4 Å². The summed E-state index contributed by atoms with van der Waals surface area (Å²) in [6.07, 6.45) is 1.51. The predicted octanol–water partition coefficient (Wildman–Crippen LogP) is 2.23. The second kappa shape index (κ2) is 10.4. The molecule has 0 atom stereocenters. The second-order valence-electron chi connectivity index (χ2n) is 8.53. The van der Waals surface area contributed by atoms with E-state index in [1.165, 1.54) is 40.6 Å². The van der Waals surface area contributed by atoms with Gasteiger partial charge in [-0.3, -0.25) is 9.47 Å². The van der Waals surface area contributed by atoms with E-state index < -0.39 is 17.3 Å². The summed E-state index contributed by atoms with van der Waals surface area (Å²) in [7, 11) is 1.54. The van der Waals surface area contributed by atoms with Crippen LogP contribution in [0.25, 0.3) is 16.9 Å². The fourth-order valence-electron chi connectivity index (χ4n) is 4.36. The summed E-state index contributed by atoms with van der Waals surface area (Å²) in [6, 6.07) is 10.6. The molecule has 1 saturated heterocycles. The quantitative estimate of drug-likeness (QED) is 0.388. The first-order chi connectivity index (χ1) is 17.5. The average molecular weight is 496 g/mol. The summed E-state index contributed by atoms with van der Waals surface area (Å²) in [4.78, 5) is 24.9. The molecule has 2 aromatic heterocycles. The van der Waals surface area contributed by atoms with Crippen molar-refractivity contribution in [3.63, 3.8) is 0 Å². The van der Waals surface area contributed by atoms with E-state index >= 15 is 0 Å². The van der Waals surface area contributed by atoms with E-state index in [4.69, 9.17) is 4.74 Å². The Morgan fingerprint density at radius 2 is 1.86 bits per heavy atom. The van der Waals surface area contributed by atoms with Crippen LogP contribution in [0.5, 0.6) is 5.75 Å². The van der Waals surface area contributed by atoms with E-state index in [1.54, 1.807) is 24.3 Å². The molecule has 3 heterocycles. The molecule has 1 aliphatic heterocycles. The van der Waals surface area contributed by atoms with Crippen LogP contribution in [0.4, 0.5) is 14.7 Å². The van der Waals surface area contributed by atoms with Crippen molar-refractivity contribution in [3.8, 4) is 11.4 Å². The normalized spacial score (nSPS) is 14.3. The Hall–Kier alpha value is -3.83. The van der Waals surface area contributed by atoms with E-state index in [0.717, 1.165) is 32.7 Å². The van der Waals surface area contributed by atoms with Crippen LogP contribution in [0.3, 0.4) is 0 Å². The summed E-state index contributed by atoms with van der Waals surface area (Å²) in [5.74, 6) is -0.528. The standard InChI is InChI=1S/C25H27F2N7O2/c1-36-18-5-2-4-17(14-18)34-23-22(33(25(34)35)16-19-20(26)6-3-7-21(19)27)15-30-24(31-23)29-10-13-32-11-8-28-9-12-32/h2-7,14-15,28H,8-13,16H2,1H3,(H,29,30,31). The Morgan fingerprint density at radius 1 is 1.11 bits per heavy atom. The van der Waals surface area contributed by atoms with Gasteiger partial charge in [-0.05, 0) is 24.3 Å². The number of anilines is 1. The monoisotopic (exact) mass is 495 g/mol. The molecule has 2 aromatic carbocycles. The molecule has 1 aliphatic rings. The Bertz CT molecular complexity index is 1410. The van der Waals surface area contributed by atoms with Gasteiger partial charge in [0.25, 0.3) is 0 Å². The van der Waals surface area contributed by atoms with Gasteiger partial charge in [0, 0.05) is 50.9 Å². The highest BCUT2D eigenvalue weighted by atomic mass is 19.1. The first-order valence-corrected chi connectivity index (χ1v) is 11.8. The molecule has 0 radical (unpaired) electrons. The Morgan fingerprint density at radius 3 is 2.61 bits per heavy atom. The van der Waals surface area contributed by atoms with Crippen molar-refractivity contribution in [2.45, 2.75) is 6.54 Å². The molecule has 0 amide bonds. The second-order valence-corrected chi connectivity index (χ2v) is 8.53. The molecule has 0 unspecified atom stereocenters. The lowest BCUT2D eigenvalue weighted by Crippen LogP contribution is -2.45. The maximum absolute atomic E-state index is 14.4. The molecular weight excluding hydrogens is 468 g/mol. The highest BCUT2D eigenvalue weighted by molar-refractivity contribution is 5.74. The number of methoxy groups -OCH3 is 1. The molecule has 0 bridgehead atoms. The molecule has 9 nitrogen and oxygen atoms in total. The number of aromatic nitrogens is 4. The number of halogens is 2. The summed E-state index contributed by atoms with van der Waals surface area (Å²) in [5, 5.41) is 6.56. The first kappa shape index (κ1) is 23.9. The highest BCUT2D eigenvalue weighted by Crippen LogP contribution is 2.22. The SMILES string of the molecule is COc1cccc(-n2c(=O)n(Cc3c(F)cccc3F)c3cnc(NCCN4CCNCC4)nc32)c1. The molecular formula is C25H27F2N7O2. The predicted molar refractivity (Wildman–Crippen MR) is 133 cm³/mol. The van der Waals surface area contributed by atoms with Crippen molar-refractivity contribution < 1.29 is 13.5 Å². The molecule has 5 rings (SSSR count). The van der Waals surface area contributed by atoms with Crippen molar-refractivity contribution in [2.75, 3.05) is 51.7 Å².